The Balaban J connectivity index is 4.07. The van der Waals surface area contributed by atoms with Crippen LogP contribution >= 0.6 is 9.39 Å². The van der Waals surface area contributed by atoms with Gasteiger partial charge < -0.3 is 5.32 Å². The number of hydrogen-bond acceptors (Lipinski definition) is 2. The molecule has 1 atom stereocenters. The van der Waals surface area contributed by atoms with E-state index in [2.05, 4.69) is 25.5 Å². The molecule has 0 radical (unpaired) electrons. The van der Waals surface area contributed by atoms with Crippen LogP contribution in [0.15, 0.2) is 28.6 Å². The Kier molecular flexibility index (Phi) is 7.33. The molecule has 0 aromatic heterocycles. The zero-order valence-corrected chi connectivity index (χ0v) is 8.20. The Labute approximate surface area is 70.7 Å². The van der Waals surface area contributed by atoms with Crippen molar-refractivity contribution < 1.29 is 0 Å². The minimum Gasteiger partial charge on any atom is -0.316 e. The smallest absolute Gasteiger partial charge is 0.0253 e. The van der Waals surface area contributed by atoms with E-state index in [1.165, 1.54) is 5.57 Å². The van der Waals surface area contributed by atoms with Crippen molar-refractivity contribution in [1.29, 1.82) is 0 Å². The maximum Gasteiger partial charge on any atom is 0.0253 e. The van der Waals surface area contributed by atoms with Crippen LogP contribution in [0.5, 0.6) is 0 Å². The number of likely N-dealkylation sites (N-methyl/N-ethyl adjacent to an activating group) is 1. The van der Waals surface area contributed by atoms with Crippen molar-refractivity contribution in [3.05, 3.63) is 23.8 Å². The van der Waals surface area contributed by atoms with Crippen LogP contribution in [0.4, 0.5) is 0 Å². The minimum absolute atomic E-state index is 0.876. The van der Waals surface area contributed by atoms with E-state index in [-0.39, 0.29) is 0 Å². The number of nitrogens with zero attached hydrogens (tertiary/aromatic N) is 1. The molecule has 3 heteroatoms. The molecule has 1 N–H and O–H groups in total. The maximum absolute atomic E-state index is 3.79. The van der Waals surface area contributed by atoms with Gasteiger partial charge in [0.1, 0.15) is 0 Å². The number of rotatable bonds is 4. The molecule has 0 saturated carbocycles. The lowest BCUT2D eigenvalue weighted by molar-refractivity contribution is 0.896. The van der Waals surface area contributed by atoms with Crippen molar-refractivity contribution in [2.24, 2.45) is 4.76 Å². The van der Waals surface area contributed by atoms with Crippen LogP contribution in [-0.2, 0) is 0 Å². The molecular weight excluding hydrogens is 155 g/mol. The normalized spacial score (nSPS) is 13.5. The fraction of sp³-hybridized carbons (Fsp3) is 0.375. The molecule has 0 aliphatic carbocycles. The van der Waals surface area contributed by atoms with E-state index < -0.39 is 0 Å². The van der Waals surface area contributed by atoms with Crippen LogP contribution in [0.25, 0.3) is 0 Å². The third-order valence-electron chi connectivity index (χ3n) is 1.14. The summed E-state index contributed by atoms with van der Waals surface area (Å²) < 4.78 is 3.79. The summed E-state index contributed by atoms with van der Waals surface area (Å²) in [7, 11) is 4.22. The van der Waals surface area contributed by atoms with Gasteiger partial charge in [-0.1, -0.05) is 12.2 Å². The zero-order chi connectivity index (χ0) is 8.53. The van der Waals surface area contributed by atoms with Gasteiger partial charge in [-0.2, -0.15) is 0 Å². The van der Waals surface area contributed by atoms with Gasteiger partial charge in [-0.15, -0.1) is 0 Å². The highest BCUT2D eigenvalue weighted by molar-refractivity contribution is 7.15. The van der Waals surface area contributed by atoms with Crippen molar-refractivity contribution in [3.8, 4) is 0 Å². The molecule has 0 aliphatic rings. The van der Waals surface area contributed by atoms with Crippen LogP contribution in [0.1, 0.15) is 6.92 Å². The van der Waals surface area contributed by atoms with Gasteiger partial charge in [0.25, 0.3) is 0 Å². The first kappa shape index (κ1) is 10.5. The van der Waals surface area contributed by atoms with Crippen LogP contribution < -0.4 is 5.32 Å². The van der Waals surface area contributed by atoms with E-state index in [0.29, 0.717) is 0 Å². The Bertz CT molecular complexity index is 171. The molecule has 62 valence electrons. The summed E-state index contributed by atoms with van der Waals surface area (Å²) in [4.78, 5) is 0. The van der Waals surface area contributed by atoms with Gasteiger partial charge in [-0.05, 0) is 35.0 Å². The Morgan fingerprint density at radius 3 is 2.82 bits per heavy atom. The van der Waals surface area contributed by atoms with E-state index in [0.717, 1.165) is 6.54 Å². The molecule has 0 aromatic rings. The molecular formula is C8H15N2P. The highest BCUT2D eigenvalue weighted by Crippen LogP contribution is 1.93. The molecule has 0 heterocycles. The predicted octanol–water partition coefficient (Wildman–Crippen LogP) is 1.57. The van der Waals surface area contributed by atoms with Crippen LogP contribution in [0.2, 0.25) is 0 Å². The summed E-state index contributed by atoms with van der Waals surface area (Å²) in [6.45, 7) is 2.88. The lowest BCUT2D eigenvalue weighted by atomic mass is 10.2. The second kappa shape index (κ2) is 7.64. The summed E-state index contributed by atoms with van der Waals surface area (Å²) in [5.74, 6) is 0. The SMILES string of the molecule is C/C=C\C(=C/C=NP)CNC. The van der Waals surface area contributed by atoms with Crippen molar-refractivity contribution >= 4 is 15.6 Å². The van der Waals surface area contributed by atoms with E-state index in [1.54, 1.807) is 6.21 Å². The van der Waals surface area contributed by atoms with Gasteiger partial charge in [0.2, 0.25) is 0 Å². The molecule has 11 heavy (non-hydrogen) atoms. The molecule has 0 fully saturated rings. The molecule has 2 nitrogen and oxygen atoms in total. The minimum atomic E-state index is 0.876. The monoisotopic (exact) mass is 170 g/mol. The Hall–Kier alpha value is -0.460. The summed E-state index contributed by atoms with van der Waals surface area (Å²) >= 11 is 0. The first-order chi connectivity index (χ1) is 5.35. The standard InChI is InChI=1S/C8H15N2P/c1-3-4-8(7-9-2)5-6-10-11/h3-6,9H,7,11H2,1-2H3/b4-3-,8-5+,10-6?. The van der Waals surface area contributed by atoms with Gasteiger partial charge in [0.05, 0.1) is 0 Å². The number of nitrogens with one attached hydrogen (secondary N) is 1. The van der Waals surface area contributed by atoms with E-state index in [1.807, 2.05) is 26.1 Å². The summed E-state index contributed by atoms with van der Waals surface area (Å²) in [6.07, 6.45) is 7.81. The van der Waals surface area contributed by atoms with Crippen molar-refractivity contribution in [1.82, 2.24) is 5.32 Å². The lowest BCUT2D eigenvalue weighted by Crippen LogP contribution is -2.09. The molecule has 0 rings (SSSR count). The molecule has 0 saturated heterocycles. The second-order valence-electron chi connectivity index (χ2n) is 2.07. The highest BCUT2D eigenvalue weighted by Gasteiger charge is 1.85. The van der Waals surface area contributed by atoms with Crippen LogP contribution in [0.3, 0.4) is 0 Å². The fourth-order valence-corrected chi connectivity index (χ4v) is 0.816. The number of hydrogen-bond donors (Lipinski definition) is 1. The maximum atomic E-state index is 3.79. The molecule has 0 amide bonds. The van der Waals surface area contributed by atoms with Crippen LogP contribution in [0, 0.1) is 0 Å². The highest BCUT2D eigenvalue weighted by atomic mass is 31.0. The van der Waals surface area contributed by atoms with Gasteiger partial charge in [-0.3, -0.25) is 4.76 Å². The molecule has 0 aliphatic heterocycles. The molecule has 0 bridgehead atoms. The fourth-order valence-electron chi connectivity index (χ4n) is 0.730. The summed E-state index contributed by atoms with van der Waals surface area (Å²) in [5.41, 5.74) is 1.22. The third-order valence-corrected chi connectivity index (χ3v) is 1.31. The summed E-state index contributed by atoms with van der Waals surface area (Å²) in [5, 5.41) is 3.07. The first-order valence-electron chi connectivity index (χ1n) is 3.54. The van der Waals surface area contributed by atoms with Crippen molar-refractivity contribution in [3.63, 3.8) is 0 Å². The predicted molar refractivity (Wildman–Crippen MR) is 55.0 cm³/mol. The Morgan fingerprint density at radius 1 is 1.64 bits per heavy atom. The largest absolute Gasteiger partial charge is 0.316 e. The van der Waals surface area contributed by atoms with Gasteiger partial charge in [0, 0.05) is 12.8 Å². The van der Waals surface area contributed by atoms with Crippen molar-refractivity contribution in [2.75, 3.05) is 13.6 Å². The molecule has 1 unspecified atom stereocenters. The zero-order valence-electron chi connectivity index (χ0n) is 7.04. The first-order valence-corrected chi connectivity index (χ1v) is 4.06. The van der Waals surface area contributed by atoms with E-state index in [9.17, 15) is 0 Å². The topological polar surface area (TPSA) is 24.4 Å². The lowest BCUT2D eigenvalue weighted by Gasteiger charge is -1.97. The molecule has 0 spiro atoms. The van der Waals surface area contributed by atoms with Crippen LogP contribution in [-0.4, -0.2) is 19.8 Å². The third kappa shape index (κ3) is 5.96. The molecule has 0 aromatic carbocycles. The second-order valence-corrected chi connectivity index (χ2v) is 2.37. The van der Waals surface area contributed by atoms with E-state index >= 15 is 0 Å². The number of allylic oxidation sites excluding steroid dienone is 2. The van der Waals surface area contributed by atoms with Gasteiger partial charge in [-0.25, -0.2) is 0 Å². The average molecular weight is 170 g/mol. The van der Waals surface area contributed by atoms with Gasteiger partial charge >= 0.3 is 0 Å². The van der Waals surface area contributed by atoms with Crippen molar-refractivity contribution in [2.45, 2.75) is 6.92 Å². The quantitative estimate of drug-likeness (QED) is 0.386. The Morgan fingerprint density at radius 2 is 2.36 bits per heavy atom. The van der Waals surface area contributed by atoms with Gasteiger partial charge in [0.15, 0.2) is 0 Å². The average Bonchev–Trinajstić information content (AvgIpc) is 2.01. The summed E-state index contributed by atoms with van der Waals surface area (Å²) in [6, 6.07) is 0. The van der Waals surface area contributed by atoms with E-state index in [4.69, 9.17) is 0 Å².